The molecule has 1 fully saturated rings. The quantitative estimate of drug-likeness (QED) is 0.862. The molecule has 0 bridgehead atoms. The van der Waals surface area contributed by atoms with Gasteiger partial charge < -0.3 is 5.11 Å². The fourth-order valence-electron chi connectivity index (χ4n) is 1.82. The van der Waals surface area contributed by atoms with E-state index < -0.39 is 15.8 Å². The van der Waals surface area contributed by atoms with E-state index in [1.807, 2.05) is 0 Å². The highest BCUT2D eigenvalue weighted by Gasteiger charge is 2.27. The van der Waals surface area contributed by atoms with E-state index >= 15 is 0 Å². The fraction of sp³-hybridized carbons (Fsp3) is 0.556. The van der Waals surface area contributed by atoms with Crippen LogP contribution in [0.15, 0.2) is 6.20 Å². The molecule has 88 valence electrons. The fourth-order valence-corrected chi connectivity index (χ4v) is 4.55. The Morgan fingerprint density at radius 2 is 2.31 bits per heavy atom. The molecule has 1 aliphatic rings. The van der Waals surface area contributed by atoms with Gasteiger partial charge in [-0.15, -0.1) is 11.3 Å². The van der Waals surface area contributed by atoms with Gasteiger partial charge in [0, 0.05) is 17.0 Å². The minimum Gasteiger partial charge on any atom is -0.476 e. The minimum absolute atomic E-state index is 0.0259. The van der Waals surface area contributed by atoms with Crippen LogP contribution < -0.4 is 0 Å². The topological polar surface area (TPSA) is 84.3 Å². The monoisotopic (exact) mass is 261 g/mol. The molecule has 7 heteroatoms. The van der Waals surface area contributed by atoms with E-state index in [-0.39, 0.29) is 22.4 Å². The first kappa shape index (κ1) is 11.5. The standard InChI is InChI=1S/C9H11NO4S2/c11-9(12)8-10-4-7(15-8)6-2-1-3-16(13,14)5-6/h4,6H,1-3,5H2,(H,11,12). The zero-order valence-electron chi connectivity index (χ0n) is 8.42. The average Bonchev–Trinajstić information content (AvgIpc) is 2.64. The minimum atomic E-state index is -2.96. The van der Waals surface area contributed by atoms with Crippen molar-refractivity contribution in [1.29, 1.82) is 0 Å². The average molecular weight is 261 g/mol. The SMILES string of the molecule is O=C(O)c1ncc(C2CCCS(=O)(=O)C2)s1. The van der Waals surface area contributed by atoms with E-state index in [2.05, 4.69) is 4.98 Å². The number of hydrogen-bond donors (Lipinski definition) is 1. The second-order valence-electron chi connectivity index (χ2n) is 3.83. The van der Waals surface area contributed by atoms with Crippen LogP contribution in [-0.4, -0.2) is 36.0 Å². The summed E-state index contributed by atoms with van der Waals surface area (Å²) in [6, 6.07) is 0. The maximum atomic E-state index is 11.4. The molecule has 2 heterocycles. The van der Waals surface area contributed by atoms with Gasteiger partial charge in [-0.25, -0.2) is 18.2 Å². The molecule has 1 aromatic rings. The molecule has 1 aliphatic heterocycles. The lowest BCUT2D eigenvalue weighted by Gasteiger charge is -2.19. The number of rotatable bonds is 2. The lowest BCUT2D eigenvalue weighted by molar-refractivity contribution is 0.0696. The smallest absolute Gasteiger partial charge is 0.365 e. The van der Waals surface area contributed by atoms with Gasteiger partial charge in [0.2, 0.25) is 5.01 Å². The van der Waals surface area contributed by atoms with E-state index in [0.29, 0.717) is 6.42 Å². The number of aromatic nitrogens is 1. The molecule has 0 radical (unpaired) electrons. The van der Waals surface area contributed by atoms with E-state index in [0.717, 1.165) is 22.6 Å². The van der Waals surface area contributed by atoms with Gasteiger partial charge in [0.05, 0.1) is 11.5 Å². The molecule has 1 saturated heterocycles. The number of carboxylic acids is 1. The first-order chi connectivity index (χ1) is 7.48. The third-order valence-corrected chi connectivity index (χ3v) is 5.54. The van der Waals surface area contributed by atoms with Crippen molar-refractivity contribution in [2.24, 2.45) is 0 Å². The molecule has 1 aromatic heterocycles. The molecule has 5 nitrogen and oxygen atoms in total. The van der Waals surface area contributed by atoms with Crippen LogP contribution in [0.25, 0.3) is 0 Å². The lowest BCUT2D eigenvalue weighted by atomic mass is 10.0. The van der Waals surface area contributed by atoms with E-state index in [1.165, 1.54) is 6.20 Å². The van der Waals surface area contributed by atoms with Crippen LogP contribution in [0, 0.1) is 0 Å². The molecular weight excluding hydrogens is 250 g/mol. The van der Waals surface area contributed by atoms with Crippen LogP contribution in [0.1, 0.15) is 33.4 Å². The van der Waals surface area contributed by atoms with Gasteiger partial charge in [-0.05, 0) is 12.8 Å². The number of sulfone groups is 1. The summed E-state index contributed by atoms with van der Waals surface area (Å²) in [4.78, 5) is 15.2. The van der Waals surface area contributed by atoms with Crippen molar-refractivity contribution in [1.82, 2.24) is 4.98 Å². The third-order valence-electron chi connectivity index (χ3n) is 2.57. The Balaban J connectivity index is 2.20. The Kier molecular flexibility index (Phi) is 2.98. The van der Waals surface area contributed by atoms with Gasteiger partial charge in [-0.2, -0.15) is 0 Å². The molecule has 0 aliphatic carbocycles. The number of thiazole rings is 1. The van der Waals surface area contributed by atoms with Crippen molar-refractivity contribution < 1.29 is 18.3 Å². The highest BCUT2D eigenvalue weighted by Crippen LogP contribution is 2.31. The number of aromatic carboxylic acids is 1. The largest absolute Gasteiger partial charge is 0.476 e. The summed E-state index contributed by atoms with van der Waals surface area (Å²) in [6.45, 7) is 0. The molecule has 1 unspecified atom stereocenters. The van der Waals surface area contributed by atoms with Crippen LogP contribution in [0.2, 0.25) is 0 Å². The maximum Gasteiger partial charge on any atom is 0.365 e. The number of carbonyl (C=O) groups is 1. The summed E-state index contributed by atoms with van der Waals surface area (Å²) in [7, 11) is -2.96. The van der Waals surface area contributed by atoms with Crippen molar-refractivity contribution in [3.8, 4) is 0 Å². The molecule has 1 N–H and O–H groups in total. The molecule has 0 spiro atoms. The zero-order chi connectivity index (χ0) is 11.8. The molecule has 0 saturated carbocycles. The van der Waals surface area contributed by atoms with Crippen molar-refractivity contribution in [3.05, 3.63) is 16.1 Å². The second kappa shape index (κ2) is 4.14. The van der Waals surface area contributed by atoms with Crippen LogP contribution in [0.4, 0.5) is 0 Å². The van der Waals surface area contributed by atoms with Gasteiger partial charge in [-0.3, -0.25) is 0 Å². The van der Waals surface area contributed by atoms with Crippen molar-refractivity contribution in [3.63, 3.8) is 0 Å². The van der Waals surface area contributed by atoms with E-state index in [1.54, 1.807) is 0 Å². The first-order valence-corrected chi connectivity index (χ1v) is 7.51. The number of hydrogen-bond acceptors (Lipinski definition) is 5. The van der Waals surface area contributed by atoms with Crippen LogP contribution in [0.5, 0.6) is 0 Å². The third kappa shape index (κ3) is 2.41. The van der Waals surface area contributed by atoms with Gasteiger partial charge in [0.15, 0.2) is 9.84 Å². The van der Waals surface area contributed by atoms with Crippen molar-refractivity contribution in [2.45, 2.75) is 18.8 Å². The summed E-state index contributed by atoms with van der Waals surface area (Å²) < 4.78 is 22.9. The van der Waals surface area contributed by atoms with Crippen LogP contribution in [-0.2, 0) is 9.84 Å². The summed E-state index contributed by atoms with van der Waals surface area (Å²) in [6.07, 6.45) is 2.92. The Labute approximate surface area is 97.1 Å². The summed E-state index contributed by atoms with van der Waals surface area (Å²) >= 11 is 1.07. The van der Waals surface area contributed by atoms with E-state index in [4.69, 9.17) is 5.11 Å². The summed E-state index contributed by atoms with van der Waals surface area (Å²) in [5, 5.41) is 8.75. The van der Waals surface area contributed by atoms with Gasteiger partial charge in [-0.1, -0.05) is 0 Å². The summed E-state index contributed by atoms with van der Waals surface area (Å²) in [5.74, 6) is -0.776. The molecule has 1 atom stereocenters. The van der Waals surface area contributed by atoms with Gasteiger partial charge >= 0.3 is 5.97 Å². The van der Waals surface area contributed by atoms with E-state index in [9.17, 15) is 13.2 Å². The first-order valence-electron chi connectivity index (χ1n) is 4.87. The Hall–Kier alpha value is -0.950. The normalized spacial score (nSPS) is 24.1. The van der Waals surface area contributed by atoms with Crippen LogP contribution in [0.3, 0.4) is 0 Å². The predicted molar refractivity (Wildman–Crippen MR) is 59.7 cm³/mol. The highest BCUT2D eigenvalue weighted by molar-refractivity contribution is 7.91. The molecule has 0 aromatic carbocycles. The number of nitrogens with zero attached hydrogens (tertiary/aromatic N) is 1. The Morgan fingerprint density at radius 1 is 1.56 bits per heavy atom. The molecule has 16 heavy (non-hydrogen) atoms. The molecule has 0 amide bonds. The van der Waals surface area contributed by atoms with Gasteiger partial charge in [0.1, 0.15) is 0 Å². The van der Waals surface area contributed by atoms with Crippen molar-refractivity contribution >= 4 is 27.1 Å². The van der Waals surface area contributed by atoms with Crippen LogP contribution >= 0.6 is 11.3 Å². The second-order valence-corrected chi connectivity index (χ2v) is 7.12. The van der Waals surface area contributed by atoms with Crippen molar-refractivity contribution in [2.75, 3.05) is 11.5 Å². The number of carboxylic acid groups (broad SMARTS) is 1. The van der Waals surface area contributed by atoms with Gasteiger partial charge in [0.25, 0.3) is 0 Å². The maximum absolute atomic E-state index is 11.4. The highest BCUT2D eigenvalue weighted by atomic mass is 32.2. The Bertz CT molecular complexity index is 505. The molecule has 2 rings (SSSR count). The molecular formula is C9H11NO4S2. The predicted octanol–water partition coefficient (Wildman–Crippen LogP) is 1.13. The lowest BCUT2D eigenvalue weighted by Crippen LogP contribution is -2.23. The summed E-state index contributed by atoms with van der Waals surface area (Å²) in [5.41, 5.74) is 0. The zero-order valence-corrected chi connectivity index (χ0v) is 10.1. The Morgan fingerprint density at radius 3 is 2.88 bits per heavy atom.